The van der Waals surface area contributed by atoms with E-state index in [4.69, 9.17) is 44.9 Å². The minimum atomic E-state index is -0.278. The fourth-order valence-electron chi connectivity index (χ4n) is 4.43. The van der Waals surface area contributed by atoms with Crippen LogP contribution in [0, 0.1) is 0 Å². The zero-order valence-electron chi connectivity index (χ0n) is 19.0. The Labute approximate surface area is 219 Å². The van der Waals surface area contributed by atoms with Crippen LogP contribution in [0.4, 0.5) is 5.69 Å². The van der Waals surface area contributed by atoms with Gasteiger partial charge in [-0.25, -0.2) is 0 Å². The van der Waals surface area contributed by atoms with E-state index in [1.807, 2.05) is 65.7 Å². The van der Waals surface area contributed by atoms with Crippen molar-refractivity contribution in [3.05, 3.63) is 101 Å². The molecule has 178 valence electrons. The van der Waals surface area contributed by atoms with E-state index in [1.165, 1.54) is 0 Å². The third-order valence-corrected chi connectivity index (χ3v) is 6.85. The topological polar surface area (TPSA) is 51.6 Å². The number of thiocarbonyl (C=S) groups is 1. The number of aromatic nitrogens is 2. The molecule has 2 aromatic carbocycles. The van der Waals surface area contributed by atoms with Crippen molar-refractivity contribution in [2.24, 2.45) is 0 Å². The molecule has 0 spiro atoms. The molecule has 5 rings (SSSR count). The van der Waals surface area contributed by atoms with Crippen molar-refractivity contribution in [3.63, 3.8) is 0 Å². The summed E-state index contributed by atoms with van der Waals surface area (Å²) < 4.78 is 13.3. The van der Waals surface area contributed by atoms with Crippen LogP contribution in [0.5, 0.6) is 11.5 Å². The van der Waals surface area contributed by atoms with Crippen molar-refractivity contribution in [2.45, 2.75) is 12.1 Å². The number of nitrogens with zero attached hydrogens (tertiary/aromatic N) is 3. The van der Waals surface area contributed by atoms with Crippen molar-refractivity contribution >= 4 is 46.2 Å². The molecule has 1 fully saturated rings. The first-order valence-corrected chi connectivity index (χ1v) is 12.0. The molecule has 0 unspecified atom stereocenters. The number of nitrogens with one attached hydrogen (secondary N) is 1. The van der Waals surface area contributed by atoms with Gasteiger partial charge in [-0.2, -0.15) is 0 Å². The Morgan fingerprint density at radius 1 is 0.943 bits per heavy atom. The van der Waals surface area contributed by atoms with E-state index in [9.17, 15) is 0 Å². The van der Waals surface area contributed by atoms with Crippen molar-refractivity contribution in [1.29, 1.82) is 0 Å². The Bertz CT molecular complexity index is 1380. The molecule has 9 heteroatoms. The van der Waals surface area contributed by atoms with Gasteiger partial charge in [0.25, 0.3) is 0 Å². The van der Waals surface area contributed by atoms with Crippen LogP contribution in [-0.4, -0.2) is 28.9 Å². The molecule has 2 aromatic heterocycles. The zero-order chi connectivity index (χ0) is 24.5. The van der Waals surface area contributed by atoms with Crippen LogP contribution in [0.25, 0.3) is 5.69 Å². The van der Waals surface area contributed by atoms with Crippen molar-refractivity contribution in [2.75, 3.05) is 19.1 Å². The van der Waals surface area contributed by atoms with Crippen LogP contribution in [0.2, 0.25) is 10.0 Å². The first kappa shape index (κ1) is 23.5. The predicted molar refractivity (Wildman–Crippen MR) is 143 cm³/mol. The lowest BCUT2D eigenvalue weighted by Gasteiger charge is -2.30. The molecule has 1 saturated heterocycles. The van der Waals surface area contributed by atoms with Crippen LogP contribution in [-0.2, 0) is 0 Å². The lowest BCUT2D eigenvalue weighted by atomic mass is 10.0. The van der Waals surface area contributed by atoms with E-state index in [-0.39, 0.29) is 12.1 Å². The molecule has 0 amide bonds. The summed E-state index contributed by atoms with van der Waals surface area (Å²) in [6.45, 7) is 0. The Kier molecular flexibility index (Phi) is 6.56. The summed E-state index contributed by atoms with van der Waals surface area (Å²) >= 11 is 18.7. The second-order valence-corrected chi connectivity index (χ2v) is 9.16. The zero-order valence-corrected chi connectivity index (χ0v) is 21.3. The number of hydrogen-bond acceptors (Lipinski definition) is 4. The van der Waals surface area contributed by atoms with E-state index in [0.29, 0.717) is 26.7 Å². The summed E-state index contributed by atoms with van der Waals surface area (Å²) in [5, 5.41) is 5.15. The maximum atomic E-state index is 6.61. The molecule has 0 saturated carbocycles. The van der Waals surface area contributed by atoms with E-state index in [1.54, 1.807) is 26.5 Å². The summed E-state index contributed by atoms with van der Waals surface area (Å²) in [4.78, 5) is 6.68. The molecule has 0 aliphatic carbocycles. The van der Waals surface area contributed by atoms with Crippen molar-refractivity contribution < 1.29 is 9.47 Å². The molecular weight excluding hydrogens is 503 g/mol. The maximum Gasteiger partial charge on any atom is 0.174 e. The average molecular weight is 525 g/mol. The summed E-state index contributed by atoms with van der Waals surface area (Å²) in [6, 6.07) is 20.5. The highest BCUT2D eigenvalue weighted by molar-refractivity contribution is 7.80. The molecule has 1 aliphatic rings. The predicted octanol–water partition coefficient (Wildman–Crippen LogP) is 6.37. The van der Waals surface area contributed by atoms with E-state index in [0.717, 1.165) is 22.8 Å². The molecule has 2 atom stereocenters. The van der Waals surface area contributed by atoms with Gasteiger partial charge in [0.15, 0.2) is 5.11 Å². The van der Waals surface area contributed by atoms with Gasteiger partial charge in [0.2, 0.25) is 0 Å². The highest BCUT2D eigenvalue weighted by Gasteiger charge is 2.43. The number of ether oxygens (including phenoxy) is 2. The van der Waals surface area contributed by atoms with Gasteiger partial charge in [-0.3, -0.25) is 4.98 Å². The Morgan fingerprint density at radius 3 is 2.51 bits per heavy atom. The van der Waals surface area contributed by atoms with Gasteiger partial charge in [-0.05, 0) is 66.8 Å². The summed E-state index contributed by atoms with van der Waals surface area (Å²) in [7, 11) is 3.27. The third-order valence-electron chi connectivity index (χ3n) is 6.00. The summed E-state index contributed by atoms with van der Waals surface area (Å²) in [6.07, 6.45) is 3.75. The molecule has 6 nitrogen and oxygen atoms in total. The fourth-order valence-corrected chi connectivity index (χ4v) is 5.27. The second-order valence-electron chi connectivity index (χ2n) is 7.93. The van der Waals surface area contributed by atoms with Crippen LogP contribution >= 0.6 is 35.4 Å². The highest BCUT2D eigenvalue weighted by atomic mass is 35.5. The number of pyridine rings is 1. The van der Waals surface area contributed by atoms with Gasteiger partial charge < -0.3 is 24.3 Å². The van der Waals surface area contributed by atoms with Crippen molar-refractivity contribution in [3.8, 4) is 17.2 Å². The number of rotatable bonds is 6. The minimum absolute atomic E-state index is 0.237. The molecule has 3 heterocycles. The highest BCUT2D eigenvalue weighted by Crippen LogP contribution is 2.46. The first-order chi connectivity index (χ1) is 17.0. The Hall–Kier alpha value is -3.26. The quantitative estimate of drug-likeness (QED) is 0.295. The third kappa shape index (κ3) is 4.31. The minimum Gasteiger partial charge on any atom is -0.497 e. The van der Waals surface area contributed by atoms with E-state index < -0.39 is 0 Å². The molecule has 0 bridgehead atoms. The Balaban J connectivity index is 1.72. The Morgan fingerprint density at radius 2 is 1.80 bits per heavy atom. The molecule has 1 aliphatic heterocycles. The van der Waals surface area contributed by atoms with Crippen molar-refractivity contribution in [1.82, 2.24) is 14.9 Å². The van der Waals surface area contributed by atoms with E-state index in [2.05, 4.69) is 20.9 Å². The normalized spacial score (nSPS) is 17.4. The number of hydrogen-bond donors (Lipinski definition) is 1. The fraction of sp³-hybridized carbons (Fsp3) is 0.154. The number of halogens is 2. The second kappa shape index (κ2) is 9.77. The van der Waals surface area contributed by atoms with Gasteiger partial charge in [0.1, 0.15) is 17.5 Å². The largest absolute Gasteiger partial charge is 0.497 e. The molecule has 1 N–H and O–H groups in total. The van der Waals surface area contributed by atoms with Gasteiger partial charge in [-0.15, -0.1) is 0 Å². The van der Waals surface area contributed by atoms with Crippen LogP contribution in [0.1, 0.15) is 23.5 Å². The lowest BCUT2D eigenvalue weighted by molar-refractivity contribution is 0.402. The molecule has 4 aromatic rings. The number of methoxy groups -OCH3 is 2. The molecule has 35 heavy (non-hydrogen) atoms. The van der Waals surface area contributed by atoms with Crippen LogP contribution in [0.3, 0.4) is 0 Å². The average Bonchev–Trinajstić information content (AvgIpc) is 3.48. The SMILES string of the molecule is COc1ccc(OC)c(N2C(=S)N[C@@H](c3ccccn3)[C@@H]2c2cccn2-c2ccc(Cl)cc2Cl)c1. The molecular formula is C26H22Cl2N4O2S. The number of anilines is 1. The lowest BCUT2D eigenvalue weighted by Crippen LogP contribution is -2.30. The maximum absolute atomic E-state index is 6.61. The summed E-state index contributed by atoms with van der Waals surface area (Å²) in [5.74, 6) is 1.36. The van der Waals surface area contributed by atoms with Gasteiger partial charge in [0.05, 0.1) is 42.4 Å². The molecule has 0 radical (unpaired) electrons. The van der Waals surface area contributed by atoms with Gasteiger partial charge >= 0.3 is 0 Å². The summed E-state index contributed by atoms with van der Waals surface area (Å²) in [5.41, 5.74) is 3.41. The van der Waals surface area contributed by atoms with Gasteiger partial charge in [-0.1, -0.05) is 29.3 Å². The van der Waals surface area contributed by atoms with Crippen LogP contribution < -0.4 is 19.7 Å². The standard InChI is InChI=1S/C26H22Cl2N4O2S/c1-33-17-9-11-23(34-2)22(15-17)32-25(24(30-26(32)35)19-6-3-4-12-29-19)21-7-5-13-31(21)20-10-8-16(27)14-18(20)28/h3-15,24-25H,1-2H3,(H,30,35)/t24-,25-/m0/s1. The monoisotopic (exact) mass is 524 g/mol. The van der Waals surface area contributed by atoms with Crippen LogP contribution in [0.15, 0.2) is 79.1 Å². The smallest absolute Gasteiger partial charge is 0.174 e. The number of benzene rings is 2. The van der Waals surface area contributed by atoms with Gasteiger partial charge in [0, 0.05) is 29.2 Å². The first-order valence-electron chi connectivity index (χ1n) is 10.9. The van der Waals surface area contributed by atoms with E-state index >= 15 is 0 Å².